The Morgan fingerprint density at radius 3 is 2.53 bits per heavy atom. The Hall–Kier alpha value is -1.49. The molecule has 1 aliphatic carbocycles. The van der Waals surface area contributed by atoms with E-state index in [-0.39, 0.29) is 17.5 Å². The van der Waals surface area contributed by atoms with Crippen molar-refractivity contribution in [2.45, 2.75) is 12.5 Å². The first-order valence-electron chi connectivity index (χ1n) is 4.47. The zero-order valence-corrected chi connectivity index (χ0v) is 7.71. The van der Waals surface area contributed by atoms with E-state index in [9.17, 15) is 13.6 Å². The maximum Gasteiger partial charge on any atom is 0.308 e. The van der Waals surface area contributed by atoms with E-state index in [0.29, 0.717) is 0 Å². The molecule has 1 aliphatic rings. The maximum absolute atomic E-state index is 13.3. The maximum atomic E-state index is 13.3. The van der Waals surface area contributed by atoms with Crippen LogP contribution in [-0.2, 0) is 11.2 Å². The highest BCUT2D eigenvalue weighted by molar-refractivity contribution is 5.73. The number of nitrogens with two attached hydrogens (primary N) is 1. The Balaban J connectivity index is 2.53. The average molecular weight is 213 g/mol. The van der Waals surface area contributed by atoms with E-state index in [4.69, 9.17) is 10.8 Å². The van der Waals surface area contributed by atoms with Gasteiger partial charge < -0.3 is 10.8 Å². The van der Waals surface area contributed by atoms with Crippen LogP contribution in [0.1, 0.15) is 17.2 Å². The fraction of sp³-hybridized carbons (Fsp3) is 0.300. The predicted molar refractivity (Wildman–Crippen MR) is 48.1 cm³/mol. The zero-order valence-electron chi connectivity index (χ0n) is 7.71. The summed E-state index contributed by atoms with van der Waals surface area (Å²) < 4.78 is 26.6. The Kier molecular flexibility index (Phi) is 2.19. The summed E-state index contributed by atoms with van der Waals surface area (Å²) in [6.45, 7) is 0. The summed E-state index contributed by atoms with van der Waals surface area (Å²) in [7, 11) is 0. The standard InChI is InChI=1S/C10H9F2NO2/c11-6-1-2-7(12)8-4(6)3-5(9(8)13)10(14)15/h1-2,5,9H,3,13H2,(H,14,15). The Bertz CT molecular complexity index is 434. The van der Waals surface area contributed by atoms with Crippen molar-refractivity contribution in [3.63, 3.8) is 0 Å². The van der Waals surface area contributed by atoms with Gasteiger partial charge in [-0.1, -0.05) is 0 Å². The van der Waals surface area contributed by atoms with E-state index in [0.717, 1.165) is 12.1 Å². The predicted octanol–water partition coefficient (Wildman–Crippen LogP) is 1.22. The van der Waals surface area contributed by atoms with Gasteiger partial charge in [0.15, 0.2) is 0 Å². The van der Waals surface area contributed by atoms with Gasteiger partial charge in [0.05, 0.1) is 5.92 Å². The molecule has 1 aromatic rings. The van der Waals surface area contributed by atoms with Crippen LogP contribution in [0.5, 0.6) is 0 Å². The van der Waals surface area contributed by atoms with Crippen LogP contribution in [0.4, 0.5) is 8.78 Å². The van der Waals surface area contributed by atoms with Crippen molar-refractivity contribution < 1.29 is 18.7 Å². The molecule has 0 saturated heterocycles. The highest BCUT2D eigenvalue weighted by Crippen LogP contribution is 2.37. The van der Waals surface area contributed by atoms with Crippen LogP contribution < -0.4 is 5.73 Å². The lowest BCUT2D eigenvalue weighted by atomic mass is 10.0. The number of carboxylic acids is 1. The van der Waals surface area contributed by atoms with Crippen LogP contribution >= 0.6 is 0 Å². The third-order valence-corrected chi connectivity index (χ3v) is 2.75. The molecule has 3 nitrogen and oxygen atoms in total. The number of carboxylic acid groups (broad SMARTS) is 1. The normalized spacial score (nSPS) is 23.9. The molecule has 5 heteroatoms. The molecule has 15 heavy (non-hydrogen) atoms. The zero-order chi connectivity index (χ0) is 11.2. The van der Waals surface area contributed by atoms with Gasteiger partial charge in [-0.15, -0.1) is 0 Å². The van der Waals surface area contributed by atoms with Crippen molar-refractivity contribution in [3.05, 3.63) is 34.9 Å². The molecule has 0 aliphatic heterocycles. The first-order valence-corrected chi connectivity index (χ1v) is 4.47. The molecule has 1 aromatic carbocycles. The molecule has 3 N–H and O–H groups in total. The van der Waals surface area contributed by atoms with Crippen LogP contribution in [0, 0.1) is 17.6 Å². The van der Waals surface area contributed by atoms with Gasteiger partial charge in [0.2, 0.25) is 0 Å². The minimum Gasteiger partial charge on any atom is -0.481 e. The molecular weight excluding hydrogens is 204 g/mol. The lowest BCUT2D eigenvalue weighted by Gasteiger charge is -2.10. The second-order valence-electron chi connectivity index (χ2n) is 3.60. The second-order valence-corrected chi connectivity index (χ2v) is 3.60. The number of hydrogen-bond donors (Lipinski definition) is 2. The van der Waals surface area contributed by atoms with Gasteiger partial charge in [0.25, 0.3) is 0 Å². The van der Waals surface area contributed by atoms with Gasteiger partial charge >= 0.3 is 5.97 Å². The number of carbonyl (C=O) groups is 1. The Morgan fingerprint density at radius 2 is 2.00 bits per heavy atom. The summed E-state index contributed by atoms with van der Waals surface area (Å²) in [5, 5.41) is 8.81. The summed E-state index contributed by atoms with van der Waals surface area (Å²) in [5.41, 5.74) is 5.67. The summed E-state index contributed by atoms with van der Waals surface area (Å²) in [5.74, 6) is -3.29. The highest BCUT2D eigenvalue weighted by Gasteiger charge is 2.38. The van der Waals surface area contributed by atoms with Crippen molar-refractivity contribution in [3.8, 4) is 0 Å². The molecule has 0 spiro atoms. The Morgan fingerprint density at radius 1 is 1.40 bits per heavy atom. The van der Waals surface area contributed by atoms with Crippen LogP contribution in [0.25, 0.3) is 0 Å². The summed E-state index contributed by atoms with van der Waals surface area (Å²) >= 11 is 0. The third-order valence-electron chi connectivity index (χ3n) is 2.75. The van der Waals surface area contributed by atoms with E-state index >= 15 is 0 Å². The molecule has 2 rings (SSSR count). The van der Waals surface area contributed by atoms with Gasteiger partial charge in [0, 0.05) is 11.6 Å². The van der Waals surface area contributed by atoms with Crippen molar-refractivity contribution in [1.29, 1.82) is 0 Å². The number of benzene rings is 1. The van der Waals surface area contributed by atoms with Crippen molar-refractivity contribution >= 4 is 5.97 Å². The quantitative estimate of drug-likeness (QED) is 0.737. The number of fused-ring (bicyclic) bond motifs is 1. The molecule has 0 heterocycles. The van der Waals surface area contributed by atoms with E-state index in [1.807, 2.05) is 0 Å². The molecule has 0 saturated carbocycles. The van der Waals surface area contributed by atoms with Crippen molar-refractivity contribution in [2.24, 2.45) is 11.7 Å². The summed E-state index contributed by atoms with van der Waals surface area (Å²) in [4.78, 5) is 10.8. The lowest BCUT2D eigenvalue weighted by Crippen LogP contribution is -2.24. The minimum absolute atomic E-state index is 0.00222. The first-order chi connectivity index (χ1) is 7.02. The summed E-state index contributed by atoms with van der Waals surface area (Å²) in [6.07, 6.45) is -0.0462. The van der Waals surface area contributed by atoms with Gasteiger partial charge in [-0.2, -0.15) is 0 Å². The lowest BCUT2D eigenvalue weighted by molar-refractivity contribution is -0.142. The van der Waals surface area contributed by atoms with Crippen LogP contribution in [-0.4, -0.2) is 11.1 Å². The van der Waals surface area contributed by atoms with Crippen LogP contribution in [0.2, 0.25) is 0 Å². The minimum atomic E-state index is -1.13. The molecule has 2 unspecified atom stereocenters. The highest BCUT2D eigenvalue weighted by atomic mass is 19.1. The average Bonchev–Trinajstić information content (AvgIpc) is 2.51. The van der Waals surface area contributed by atoms with E-state index in [1.54, 1.807) is 0 Å². The van der Waals surface area contributed by atoms with E-state index in [2.05, 4.69) is 0 Å². The van der Waals surface area contributed by atoms with Gasteiger partial charge in [-0.3, -0.25) is 4.79 Å². The van der Waals surface area contributed by atoms with Crippen LogP contribution in [0.15, 0.2) is 12.1 Å². The number of rotatable bonds is 1. The van der Waals surface area contributed by atoms with Crippen LogP contribution in [0.3, 0.4) is 0 Å². The van der Waals surface area contributed by atoms with Crippen molar-refractivity contribution in [2.75, 3.05) is 0 Å². The fourth-order valence-corrected chi connectivity index (χ4v) is 1.97. The smallest absolute Gasteiger partial charge is 0.308 e. The second kappa shape index (κ2) is 3.27. The Labute approximate surface area is 84.5 Å². The molecule has 0 fully saturated rings. The van der Waals surface area contributed by atoms with E-state index in [1.165, 1.54) is 0 Å². The summed E-state index contributed by atoms with van der Waals surface area (Å²) in [6, 6.07) is 0.997. The van der Waals surface area contributed by atoms with Gasteiger partial charge in [-0.25, -0.2) is 8.78 Å². The van der Waals surface area contributed by atoms with Gasteiger partial charge in [-0.05, 0) is 24.1 Å². The molecule has 0 bridgehead atoms. The first kappa shape index (κ1) is 10.0. The fourth-order valence-electron chi connectivity index (χ4n) is 1.97. The molecule has 0 aromatic heterocycles. The van der Waals surface area contributed by atoms with Gasteiger partial charge in [0.1, 0.15) is 11.6 Å². The molecular formula is C10H9F2NO2. The molecule has 80 valence electrons. The largest absolute Gasteiger partial charge is 0.481 e. The SMILES string of the molecule is NC1c2c(F)ccc(F)c2CC1C(=O)O. The number of hydrogen-bond acceptors (Lipinski definition) is 2. The molecule has 0 radical (unpaired) electrons. The number of aliphatic carboxylic acids is 1. The molecule has 0 amide bonds. The monoisotopic (exact) mass is 213 g/mol. The third kappa shape index (κ3) is 1.39. The van der Waals surface area contributed by atoms with E-state index < -0.39 is 29.6 Å². The van der Waals surface area contributed by atoms with Crippen molar-refractivity contribution in [1.82, 2.24) is 0 Å². The topological polar surface area (TPSA) is 63.3 Å². The number of halogens is 2. The molecule has 2 atom stereocenters.